The molecular formula is C47H48F3N11O7. The monoisotopic (exact) mass is 935 g/mol. The van der Waals surface area contributed by atoms with Gasteiger partial charge in [-0.05, 0) is 61.4 Å². The van der Waals surface area contributed by atoms with E-state index in [1.54, 1.807) is 60.6 Å². The lowest BCUT2D eigenvalue weighted by atomic mass is 10.0. The van der Waals surface area contributed by atoms with E-state index in [0.717, 1.165) is 40.8 Å². The Morgan fingerprint density at radius 3 is 2.01 bits per heavy atom. The fourth-order valence-electron chi connectivity index (χ4n) is 8.79. The van der Waals surface area contributed by atoms with Crippen molar-refractivity contribution in [3.63, 3.8) is 0 Å². The molecule has 2 saturated heterocycles. The SMILES string of the molecule is COC(=O)N[C@H](Cc1ccccn1)C(=O)N1CCC[C@H]1c1ncc(-c2ccc3nc(-c4ccc(-c5cnc([C@@H]6CCCN6C(=O)[C@H](C(C)C)N(C)C(=O)OC(=O)C(F)(F)F)[nH]5)cc4)cnc3c2)[nH]1. The number of alkyl halides is 3. The van der Waals surface area contributed by atoms with E-state index in [1.807, 2.05) is 48.5 Å². The van der Waals surface area contributed by atoms with Crippen molar-refractivity contribution >= 4 is 41.0 Å². The third kappa shape index (κ3) is 10.0. The number of carbonyl (C=O) groups excluding carboxylic acids is 5. The second kappa shape index (κ2) is 19.6. The van der Waals surface area contributed by atoms with E-state index >= 15 is 0 Å². The third-order valence-corrected chi connectivity index (χ3v) is 12.2. The van der Waals surface area contributed by atoms with Crippen molar-refractivity contribution in [2.45, 2.75) is 76.3 Å². The number of likely N-dealkylation sites (tertiary alicyclic amines) is 2. The average Bonchev–Trinajstić information content (AvgIpc) is 4.18. The maximum absolute atomic E-state index is 13.9. The molecule has 2 aliphatic rings. The Labute approximate surface area is 387 Å². The molecule has 0 aliphatic carbocycles. The fourth-order valence-corrected chi connectivity index (χ4v) is 8.79. The number of likely N-dealkylation sites (N-methyl/N-ethyl adjacent to an activating group) is 1. The Bertz CT molecular complexity index is 2820. The largest absolute Gasteiger partial charge is 0.491 e. The van der Waals surface area contributed by atoms with Crippen molar-refractivity contribution in [3.05, 3.63) is 103 Å². The van der Waals surface area contributed by atoms with Crippen LogP contribution in [0, 0.1) is 5.92 Å². The zero-order chi connectivity index (χ0) is 48.3. The highest BCUT2D eigenvalue weighted by atomic mass is 19.4. The van der Waals surface area contributed by atoms with Gasteiger partial charge in [0, 0.05) is 49.6 Å². The van der Waals surface area contributed by atoms with Crippen molar-refractivity contribution in [2.24, 2.45) is 5.92 Å². The highest BCUT2D eigenvalue weighted by Crippen LogP contribution is 2.35. The number of pyridine rings is 1. The number of nitrogens with one attached hydrogen (secondary N) is 3. The van der Waals surface area contributed by atoms with Gasteiger partial charge in [0.05, 0.1) is 65.9 Å². The molecular weight excluding hydrogens is 888 g/mol. The van der Waals surface area contributed by atoms with E-state index < -0.39 is 54.3 Å². The van der Waals surface area contributed by atoms with Crippen LogP contribution in [0.3, 0.4) is 0 Å². The van der Waals surface area contributed by atoms with Gasteiger partial charge in [0.15, 0.2) is 0 Å². The topological polar surface area (TPSA) is 222 Å². The summed E-state index contributed by atoms with van der Waals surface area (Å²) in [6.45, 7) is 4.12. The number of rotatable bonds is 12. The van der Waals surface area contributed by atoms with E-state index in [4.69, 9.17) is 14.7 Å². The number of hydrogen-bond acceptors (Lipinski definition) is 12. The van der Waals surface area contributed by atoms with Gasteiger partial charge >= 0.3 is 24.3 Å². The summed E-state index contributed by atoms with van der Waals surface area (Å²) in [6.07, 6.45) is 1.91. The van der Waals surface area contributed by atoms with Crippen molar-refractivity contribution < 1.29 is 46.6 Å². The number of hydrogen-bond donors (Lipinski definition) is 3. The minimum absolute atomic E-state index is 0.200. The van der Waals surface area contributed by atoms with Gasteiger partial charge in [-0.2, -0.15) is 13.2 Å². The van der Waals surface area contributed by atoms with E-state index in [-0.39, 0.29) is 18.4 Å². The van der Waals surface area contributed by atoms with Crippen LogP contribution in [0.4, 0.5) is 22.8 Å². The van der Waals surface area contributed by atoms with Crippen LogP contribution in [0.15, 0.2) is 85.5 Å². The molecule has 0 radical (unpaired) electrons. The molecule has 4 amide bonds. The summed E-state index contributed by atoms with van der Waals surface area (Å²) >= 11 is 0. The average molecular weight is 936 g/mol. The number of carbonyl (C=O) groups is 5. The lowest BCUT2D eigenvalue weighted by Gasteiger charge is -2.34. The lowest BCUT2D eigenvalue weighted by Crippen LogP contribution is -2.52. The molecule has 0 bridgehead atoms. The van der Waals surface area contributed by atoms with Gasteiger partial charge in [-0.15, -0.1) is 0 Å². The van der Waals surface area contributed by atoms with E-state index in [0.29, 0.717) is 72.1 Å². The van der Waals surface area contributed by atoms with E-state index in [1.165, 1.54) is 7.11 Å². The summed E-state index contributed by atoms with van der Waals surface area (Å²) < 4.78 is 47.2. The van der Waals surface area contributed by atoms with Crippen LogP contribution in [0.2, 0.25) is 0 Å². The molecule has 2 aliphatic heterocycles. The molecule has 2 fully saturated rings. The summed E-state index contributed by atoms with van der Waals surface area (Å²) in [5.74, 6) is -2.80. The number of halogens is 3. The Hall–Kier alpha value is -7.71. The Morgan fingerprint density at radius 2 is 1.41 bits per heavy atom. The van der Waals surface area contributed by atoms with Crippen LogP contribution in [-0.2, 0) is 30.3 Å². The van der Waals surface area contributed by atoms with Crippen LogP contribution in [0.25, 0.3) is 44.8 Å². The number of amides is 4. The highest BCUT2D eigenvalue weighted by molar-refractivity contribution is 5.91. The number of aromatic nitrogens is 7. The number of methoxy groups -OCH3 is 1. The summed E-state index contributed by atoms with van der Waals surface area (Å²) in [5, 5.41) is 2.68. The molecule has 6 aromatic rings. The first-order valence-electron chi connectivity index (χ1n) is 22.0. The molecule has 6 heterocycles. The second-order valence-corrected chi connectivity index (χ2v) is 16.9. The predicted octanol–water partition coefficient (Wildman–Crippen LogP) is 6.95. The van der Waals surface area contributed by atoms with Gasteiger partial charge in [0.1, 0.15) is 23.7 Å². The quantitative estimate of drug-likeness (QED) is 0.0839. The molecule has 2 aromatic carbocycles. The lowest BCUT2D eigenvalue weighted by molar-refractivity contribution is -0.194. The van der Waals surface area contributed by atoms with Gasteiger partial charge in [-0.25, -0.2) is 29.3 Å². The minimum Gasteiger partial charge on any atom is -0.453 e. The molecule has 68 heavy (non-hydrogen) atoms. The van der Waals surface area contributed by atoms with Crippen molar-refractivity contribution in [3.8, 4) is 33.8 Å². The van der Waals surface area contributed by atoms with Gasteiger partial charge in [-0.1, -0.05) is 50.2 Å². The number of fused-ring (bicyclic) bond motifs is 1. The summed E-state index contributed by atoms with van der Waals surface area (Å²) in [4.78, 5) is 97.8. The van der Waals surface area contributed by atoms with Crippen molar-refractivity contribution in [1.29, 1.82) is 0 Å². The van der Waals surface area contributed by atoms with Crippen LogP contribution < -0.4 is 5.32 Å². The number of nitrogens with zero attached hydrogens (tertiary/aromatic N) is 8. The summed E-state index contributed by atoms with van der Waals surface area (Å²) in [6, 6.07) is 15.9. The third-order valence-electron chi connectivity index (χ3n) is 12.2. The number of imidazole rings is 2. The minimum atomic E-state index is -5.37. The standard InChI is InChI=1S/C47H48F3N11O7/c1-26(2)39(59(3)46(66)68-44(64)47(48,49)50)43(63)61-20-8-11-38(61)41-53-24-35(56-41)28-14-12-27(13-15-28)34-23-52-32-21-29(16-17-31(32)55-34)36-25-54-40(57-36)37-10-7-19-60(37)42(62)33(58-45(65)67-4)22-30-9-5-6-18-51-30/h5-6,9,12-18,21,23-26,33,37-39H,7-8,10-11,19-20,22H2,1-4H3,(H,53,56)(H,54,57)(H,58,65)/t33-,37+,38+,39+/m1/s1. The summed E-state index contributed by atoms with van der Waals surface area (Å²) in [5.41, 5.74) is 6.53. The number of esters is 1. The van der Waals surface area contributed by atoms with E-state index in [9.17, 15) is 37.1 Å². The molecule has 21 heteroatoms. The van der Waals surface area contributed by atoms with Crippen LogP contribution >= 0.6 is 0 Å². The Morgan fingerprint density at radius 1 is 0.794 bits per heavy atom. The van der Waals surface area contributed by atoms with Gasteiger partial charge in [0.25, 0.3) is 0 Å². The van der Waals surface area contributed by atoms with E-state index in [2.05, 4.69) is 35.0 Å². The number of H-pyrrole nitrogens is 2. The zero-order valence-corrected chi connectivity index (χ0v) is 37.5. The van der Waals surface area contributed by atoms with Crippen LogP contribution in [-0.4, -0.2) is 125 Å². The Kier molecular flexibility index (Phi) is 13.5. The fraction of sp³-hybridized carbons (Fsp3) is 0.362. The zero-order valence-electron chi connectivity index (χ0n) is 37.5. The maximum atomic E-state index is 13.9. The van der Waals surface area contributed by atoms with Gasteiger partial charge in [-0.3, -0.25) is 24.5 Å². The first kappa shape index (κ1) is 46.8. The first-order valence-corrected chi connectivity index (χ1v) is 22.0. The molecule has 8 rings (SSSR count). The van der Waals surface area contributed by atoms with Crippen molar-refractivity contribution in [2.75, 3.05) is 27.2 Å². The molecule has 0 unspecified atom stereocenters. The molecule has 0 spiro atoms. The molecule has 354 valence electrons. The molecule has 3 N–H and O–H groups in total. The van der Waals surface area contributed by atoms with Gasteiger partial charge < -0.3 is 34.6 Å². The molecule has 0 saturated carbocycles. The van der Waals surface area contributed by atoms with Crippen LogP contribution in [0.1, 0.15) is 69.0 Å². The molecule has 4 aromatic heterocycles. The number of ether oxygens (including phenoxy) is 2. The van der Waals surface area contributed by atoms with Crippen LogP contribution in [0.5, 0.6) is 0 Å². The summed E-state index contributed by atoms with van der Waals surface area (Å²) in [7, 11) is 2.38. The number of benzene rings is 2. The first-order chi connectivity index (χ1) is 32.6. The van der Waals surface area contributed by atoms with Crippen molar-refractivity contribution in [1.82, 2.24) is 54.9 Å². The molecule has 4 atom stereocenters. The molecule has 18 nitrogen and oxygen atoms in total. The maximum Gasteiger partial charge on any atom is 0.491 e. The Balaban J connectivity index is 0.924. The van der Waals surface area contributed by atoms with Gasteiger partial charge in [0.2, 0.25) is 11.8 Å². The normalized spacial score (nSPS) is 17.0. The smallest absolute Gasteiger partial charge is 0.453 e. The second-order valence-electron chi connectivity index (χ2n) is 16.9. The highest BCUT2D eigenvalue weighted by Gasteiger charge is 2.45. The number of aromatic amines is 2. The predicted molar refractivity (Wildman–Crippen MR) is 239 cm³/mol. The number of alkyl carbamates (subject to hydrolysis) is 1.